The lowest BCUT2D eigenvalue weighted by Crippen LogP contribution is -2.27. The van der Waals surface area contributed by atoms with Crippen LogP contribution >= 0.6 is 11.6 Å². The van der Waals surface area contributed by atoms with Gasteiger partial charge in [-0.05, 0) is 44.4 Å². The molecule has 5 heteroatoms. The van der Waals surface area contributed by atoms with E-state index in [1.165, 1.54) is 0 Å². The van der Waals surface area contributed by atoms with Crippen LogP contribution in [0.4, 0.5) is 0 Å². The summed E-state index contributed by atoms with van der Waals surface area (Å²) in [5, 5.41) is 3.66. The topological polar surface area (TPSA) is 54.9 Å². The number of benzene rings is 1. The quantitative estimate of drug-likeness (QED) is 0.933. The number of nitrogens with zero attached hydrogens (tertiary/aromatic N) is 2. The van der Waals surface area contributed by atoms with Crippen molar-refractivity contribution in [3.8, 4) is 0 Å². The first-order chi connectivity index (χ1) is 10.5. The third-order valence-electron chi connectivity index (χ3n) is 3.90. The number of halogens is 1. The lowest BCUT2D eigenvalue weighted by Gasteiger charge is -2.15. The molecule has 3 rings (SSSR count). The van der Waals surface area contributed by atoms with E-state index in [-0.39, 0.29) is 11.9 Å². The Morgan fingerprint density at radius 2 is 2.00 bits per heavy atom. The highest BCUT2D eigenvalue weighted by molar-refractivity contribution is 6.30. The van der Waals surface area contributed by atoms with Crippen LogP contribution in [0.3, 0.4) is 0 Å². The minimum Gasteiger partial charge on any atom is -0.345 e. The maximum Gasteiger partial charge on any atom is 0.255 e. The van der Waals surface area contributed by atoms with Gasteiger partial charge >= 0.3 is 0 Å². The summed E-state index contributed by atoms with van der Waals surface area (Å²) in [6, 6.07) is 7.35. The number of hydrogen-bond donors (Lipinski definition) is 1. The number of hydrogen-bond acceptors (Lipinski definition) is 3. The number of nitrogens with one attached hydrogen (secondary N) is 1. The van der Waals surface area contributed by atoms with Gasteiger partial charge in [-0.15, -0.1) is 0 Å². The van der Waals surface area contributed by atoms with Crippen LogP contribution in [-0.4, -0.2) is 15.9 Å². The monoisotopic (exact) mass is 315 g/mol. The molecular formula is C17H18ClN3O. The molecule has 0 radical (unpaired) electrons. The van der Waals surface area contributed by atoms with Gasteiger partial charge in [-0.1, -0.05) is 23.7 Å². The predicted molar refractivity (Wildman–Crippen MR) is 86.1 cm³/mol. The highest BCUT2D eigenvalue weighted by atomic mass is 35.5. The van der Waals surface area contributed by atoms with E-state index in [0.29, 0.717) is 16.5 Å². The van der Waals surface area contributed by atoms with Gasteiger partial charge < -0.3 is 5.32 Å². The van der Waals surface area contributed by atoms with Crippen molar-refractivity contribution in [3.05, 3.63) is 58.1 Å². The number of carbonyl (C=O) groups excluding carboxylic acids is 1. The fourth-order valence-electron chi connectivity index (χ4n) is 2.36. The fraction of sp³-hybridized carbons (Fsp3) is 0.353. The molecule has 2 aromatic rings. The molecule has 22 heavy (non-hydrogen) atoms. The van der Waals surface area contributed by atoms with E-state index in [1.807, 2.05) is 38.1 Å². The molecule has 0 spiro atoms. The van der Waals surface area contributed by atoms with E-state index in [9.17, 15) is 4.79 Å². The molecule has 1 atom stereocenters. The summed E-state index contributed by atoms with van der Waals surface area (Å²) in [6.45, 7) is 3.80. The fourth-order valence-corrected chi connectivity index (χ4v) is 2.48. The second-order valence-electron chi connectivity index (χ2n) is 5.75. The number of amides is 1. The van der Waals surface area contributed by atoms with Crippen LogP contribution < -0.4 is 5.32 Å². The zero-order chi connectivity index (χ0) is 15.7. The average Bonchev–Trinajstić information content (AvgIpc) is 3.32. The van der Waals surface area contributed by atoms with Crippen molar-refractivity contribution in [2.75, 3.05) is 0 Å². The van der Waals surface area contributed by atoms with Crippen molar-refractivity contribution in [2.24, 2.45) is 0 Å². The van der Waals surface area contributed by atoms with Crippen molar-refractivity contribution in [3.63, 3.8) is 0 Å². The van der Waals surface area contributed by atoms with Crippen LogP contribution in [0.25, 0.3) is 0 Å². The SMILES string of the molecule is Cc1nc(C2CC2)ncc1C(=O)N[C@H](C)c1ccc(Cl)cc1. The first-order valence-corrected chi connectivity index (χ1v) is 7.82. The molecule has 0 unspecified atom stereocenters. The number of aromatic nitrogens is 2. The van der Waals surface area contributed by atoms with Crippen LogP contribution in [0.1, 0.15) is 59.2 Å². The molecule has 1 heterocycles. The van der Waals surface area contributed by atoms with E-state index < -0.39 is 0 Å². The molecule has 1 aliphatic rings. The molecule has 1 aromatic heterocycles. The van der Waals surface area contributed by atoms with Crippen molar-refractivity contribution in [1.29, 1.82) is 0 Å². The smallest absolute Gasteiger partial charge is 0.255 e. The molecule has 1 aromatic carbocycles. The summed E-state index contributed by atoms with van der Waals surface area (Å²) in [4.78, 5) is 21.2. The van der Waals surface area contributed by atoms with Crippen molar-refractivity contribution in [1.82, 2.24) is 15.3 Å². The molecule has 0 bridgehead atoms. The van der Waals surface area contributed by atoms with Gasteiger partial charge in [-0.2, -0.15) is 0 Å². The molecule has 114 valence electrons. The molecule has 4 nitrogen and oxygen atoms in total. The van der Waals surface area contributed by atoms with Gasteiger partial charge in [-0.3, -0.25) is 4.79 Å². The third-order valence-corrected chi connectivity index (χ3v) is 4.15. The molecular weight excluding hydrogens is 298 g/mol. The number of rotatable bonds is 4. The van der Waals surface area contributed by atoms with E-state index in [2.05, 4.69) is 15.3 Å². The van der Waals surface area contributed by atoms with E-state index in [0.717, 1.165) is 29.9 Å². The minimum atomic E-state index is -0.151. The molecule has 1 aliphatic carbocycles. The van der Waals surface area contributed by atoms with Gasteiger partial charge in [0.1, 0.15) is 5.82 Å². The predicted octanol–water partition coefficient (Wildman–Crippen LogP) is 3.81. The molecule has 1 fully saturated rings. The van der Waals surface area contributed by atoms with Gasteiger partial charge in [0.25, 0.3) is 5.91 Å². The van der Waals surface area contributed by atoms with Crippen molar-refractivity contribution >= 4 is 17.5 Å². The van der Waals surface area contributed by atoms with Crippen molar-refractivity contribution < 1.29 is 4.79 Å². The van der Waals surface area contributed by atoms with Gasteiger partial charge in [0.2, 0.25) is 0 Å². The largest absolute Gasteiger partial charge is 0.345 e. The first kappa shape index (κ1) is 15.0. The number of aryl methyl sites for hydroxylation is 1. The van der Waals surface area contributed by atoms with E-state index in [4.69, 9.17) is 11.6 Å². The normalized spacial score (nSPS) is 15.4. The number of carbonyl (C=O) groups is 1. The molecule has 1 saturated carbocycles. The highest BCUT2D eigenvalue weighted by Crippen LogP contribution is 2.37. The summed E-state index contributed by atoms with van der Waals surface area (Å²) < 4.78 is 0. The molecule has 1 N–H and O–H groups in total. The highest BCUT2D eigenvalue weighted by Gasteiger charge is 2.27. The summed E-state index contributed by atoms with van der Waals surface area (Å²) in [5.74, 6) is 1.20. The Hall–Kier alpha value is -1.94. The van der Waals surface area contributed by atoms with Crippen LogP contribution in [0.2, 0.25) is 5.02 Å². The maximum atomic E-state index is 12.4. The average molecular weight is 316 g/mol. The van der Waals surface area contributed by atoms with Crippen molar-refractivity contribution in [2.45, 2.75) is 38.6 Å². The Kier molecular flexibility index (Phi) is 4.12. The van der Waals surface area contributed by atoms with Crippen LogP contribution in [0.15, 0.2) is 30.5 Å². The summed E-state index contributed by atoms with van der Waals surface area (Å²) in [7, 11) is 0. The Balaban J connectivity index is 1.72. The molecule has 1 amide bonds. The summed E-state index contributed by atoms with van der Waals surface area (Å²) in [5.41, 5.74) is 2.27. The Morgan fingerprint density at radius 1 is 1.32 bits per heavy atom. The maximum absolute atomic E-state index is 12.4. The summed E-state index contributed by atoms with van der Waals surface area (Å²) >= 11 is 5.88. The van der Waals surface area contributed by atoms with Crippen LogP contribution in [-0.2, 0) is 0 Å². The van der Waals surface area contributed by atoms with Gasteiger partial charge in [0, 0.05) is 17.1 Å². The van der Waals surface area contributed by atoms with Gasteiger partial charge in [0.05, 0.1) is 17.3 Å². The lowest BCUT2D eigenvalue weighted by molar-refractivity contribution is 0.0938. The Morgan fingerprint density at radius 3 is 2.59 bits per heavy atom. The minimum absolute atomic E-state index is 0.104. The Bertz CT molecular complexity index is 696. The second-order valence-corrected chi connectivity index (χ2v) is 6.18. The van der Waals surface area contributed by atoms with Crippen LogP contribution in [0, 0.1) is 6.92 Å². The molecule has 0 aliphatic heterocycles. The lowest BCUT2D eigenvalue weighted by atomic mass is 10.1. The van der Waals surface area contributed by atoms with Crippen LogP contribution in [0.5, 0.6) is 0 Å². The standard InChI is InChI=1S/C17H18ClN3O/c1-10(12-5-7-14(18)8-6-12)21-17(22)15-9-19-16(13-3-4-13)20-11(15)2/h5-10,13H,3-4H2,1-2H3,(H,21,22)/t10-/m1/s1. The van der Waals surface area contributed by atoms with E-state index in [1.54, 1.807) is 6.20 Å². The van der Waals surface area contributed by atoms with E-state index >= 15 is 0 Å². The summed E-state index contributed by atoms with van der Waals surface area (Å²) in [6.07, 6.45) is 3.94. The second kappa shape index (κ2) is 6.05. The zero-order valence-electron chi connectivity index (χ0n) is 12.6. The molecule has 0 saturated heterocycles. The first-order valence-electron chi connectivity index (χ1n) is 7.44. The zero-order valence-corrected chi connectivity index (χ0v) is 13.4. The van der Waals surface area contributed by atoms with Gasteiger partial charge in [0.15, 0.2) is 0 Å². The Labute approximate surface area is 134 Å². The third kappa shape index (κ3) is 3.28. The van der Waals surface area contributed by atoms with Gasteiger partial charge in [-0.25, -0.2) is 9.97 Å².